The van der Waals surface area contributed by atoms with Gasteiger partial charge in [0.15, 0.2) is 6.10 Å². The Morgan fingerprint density at radius 1 is 0.957 bits per heavy atom. The molecule has 0 radical (unpaired) electrons. The van der Waals surface area contributed by atoms with Crippen LogP contribution in [0.25, 0.3) is 10.9 Å². The van der Waals surface area contributed by atoms with Gasteiger partial charge in [0.1, 0.15) is 18.2 Å². The molecular formula is C36H47N5O6. The fourth-order valence-corrected chi connectivity index (χ4v) is 6.03. The van der Waals surface area contributed by atoms with E-state index in [1.807, 2.05) is 50.4 Å². The molecule has 0 saturated heterocycles. The van der Waals surface area contributed by atoms with Crippen LogP contribution in [-0.2, 0) is 35.1 Å². The summed E-state index contributed by atoms with van der Waals surface area (Å²) in [6.07, 6.45) is 2.67. The van der Waals surface area contributed by atoms with Crippen LogP contribution in [0.1, 0.15) is 58.2 Å². The van der Waals surface area contributed by atoms with Crippen molar-refractivity contribution in [3.8, 4) is 0 Å². The first kappa shape index (κ1) is 35.2. The second-order valence-corrected chi connectivity index (χ2v) is 12.7. The van der Waals surface area contributed by atoms with Gasteiger partial charge in [-0.2, -0.15) is 0 Å². The summed E-state index contributed by atoms with van der Waals surface area (Å²) >= 11 is 0. The molecule has 0 spiro atoms. The number of H-pyrrole nitrogens is 1. The molecule has 5 N–H and O–H groups in total. The minimum absolute atomic E-state index is 0.157. The van der Waals surface area contributed by atoms with E-state index in [-0.39, 0.29) is 18.2 Å². The van der Waals surface area contributed by atoms with Crippen molar-refractivity contribution in [1.82, 2.24) is 20.5 Å². The van der Waals surface area contributed by atoms with E-state index < -0.39 is 54.0 Å². The van der Waals surface area contributed by atoms with E-state index in [9.17, 15) is 19.2 Å². The van der Waals surface area contributed by atoms with Crippen molar-refractivity contribution in [2.24, 2.45) is 11.8 Å². The minimum atomic E-state index is -1.21. The summed E-state index contributed by atoms with van der Waals surface area (Å²) in [6, 6.07) is 11.6. The number of carbonyl (C=O) groups is 4. The topological polar surface area (TPSA) is 156 Å². The average Bonchev–Trinajstić information content (AvgIpc) is 3.45. The van der Waals surface area contributed by atoms with E-state index in [1.165, 1.54) is 12.0 Å². The number of para-hydroxylation sites is 1. The number of carbonyl (C=O) groups excluding carboxylic acids is 4. The van der Waals surface area contributed by atoms with Crippen LogP contribution in [0.2, 0.25) is 0 Å². The molecular weight excluding hydrogens is 598 g/mol. The molecule has 252 valence electrons. The summed E-state index contributed by atoms with van der Waals surface area (Å²) in [7, 11) is 2.93. The number of hydrogen-bond donors (Lipinski definition) is 4. The lowest BCUT2D eigenvalue weighted by Crippen LogP contribution is -2.56. The van der Waals surface area contributed by atoms with Gasteiger partial charge in [0.2, 0.25) is 17.7 Å². The third-order valence-corrected chi connectivity index (χ3v) is 8.98. The third kappa shape index (κ3) is 8.40. The van der Waals surface area contributed by atoms with Crippen LogP contribution in [0, 0.1) is 11.8 Å². The molecule has 4 rings (SSSR count). The zero-order valence-corrected chi connectivity index (χ0v) is 28.2. The molecule has 2 aromatic carbocycles. The standard InChI is InChI=1S/C36H47N5O6/c1-20-16-21(2)24(5)47-36(45)32(46-7)31(25-12-14-27(37)15-13-25)40-34(43)30(18-26-19-38-29-11-9-8-10-28(26)29)41(6)35(44)23(4)39-33(42)22(3)17-20/h8-16,19,21-24,30-32,38H,17-18,37H2,1-7H3,(H,39,42)(H,40,43)/b20-16+. The maximum Gasteiger partial charge on any atom is 0.338 e. The Hall–Kier alpha value is -4.64. The first-order valence-corrected chi connectivity index (χ1v) is 16.0. The molecule has 0 aliphatic carbocycles. The summed E-state index contributed by atoms with van der Waals surface area (Å²) in [5, 5.41) is 6.76. The lowest BCUT2D eigenvalue weighted by atomic mass is 9.95. The number of nitrogens with one attached hydrogen (secondary N) is 3. The van der Waals surface area contributed by atoms with Crippen molar-refractivity contribution in [3.05, 3.63) is 77.5 Å². The number of hydrogen-bond acceptors (Lipinski definition) is 7. The fraction of sp³-hybridized carbons (Fsp3) is 0.444. The molecule has 7 unspecified atom stereocenters. The summed E-state index contributed by atoms with van der Waals surface area (Å²) in [5.74, 6) is -2.47. The van der Waals surface area contributed by atoms with Gasteiger partial charge in [-0.3, -0.25) is 14.4 Å². The highest BCUT2D eigenvalue weighted by Crippen LogP contribution is 2.26. The van der Waals surface area contributed by atoms with Crippen molar-refractivity contribution in [3.63, 3.8) is 0 Å². The Kier molecular flexibility index (Phi) is 11.5. The van der Waals surface area contributed by atoms with Crippen LogP contribution in [0.5, 0.6) is 0 Å². The minimum Gasteiger partial charge on any atom is -0.460 e. The molecule has 2 heterocycles. The van der Waals surface area contributed by atoms with Crippen LogP contribution in [0.3, 0.4) is 0 Å². The third-order valence-electron chi connectivity index (χ3n) is 8.98. The number of esters is 1. The van der Waals surface area contributed by atoms with E-state index in [1.54, 1.807) is 52.1 Å². The van der Waals surface area contributed by atoms with Crippen molar-refractivity contribution < 1.29 is 28.7 Å². The Balaban J connectivity index is 1.80. The molecule has 3 amide bonds. The Labute approximate surface area is 276 Å². The molecule has 0 fully saturated rings. The molecule has 1 aliphatic rings. The van der Waals surface area contributed by atoms with Gasteiger partial charge < -0.3 is 35.7 Å². The summed E-state index contributed by atoms with van der Waals surface area (Å²) in [5.41, 5.74) is 9.70. The normalized spacial score (nSPS) is 28.4. The molecule has 0 saturated carbocycles. The smallest absolute Gasteiger partial charge is 0.338 e. The highest BCUT2D eigenvalue weighted by molar-refractivity contribution is 5.93. The summed E-state index contributed by atoms with van der Waals surface area (Å²) < 4.78 is 11.6. The molecule has 0 bridgehead atoms. The molecule has 3 aromatic rings. The predicted octanol–water partition coefficient (Wildman–Crippen LogP) is 4.05. The number of anilines is 1. The van der Waals surface area contributed by atoms with Gasteiger partial charge in [0.25, 0.3) is 0 Å². The number of aromatic nitrogens is 1. The van der Waals surface area contributed by atoms with Gasteiger partial charge in [-0.05, 0) is 56.5 Å². The largest absolute Gasteiger partial charge is 0.460 e. The van der Waals surface area contributed by atoms with Crippen molar-refractivity contribution in [2.75, 3.05) is 19.9 Å². The average molecular weight is 646 g/mol. The Bertz CT molecular complexity index is 1620. The predicted molar refractivity (Wildman–Crippen MR) is 181 cm³/mol. The number of methoxy groups -OCH3 is 1. The van der Waals surface area contributed by atoms with E-state index in [2.05, 4.69) is 15.6 Å². The summed E-state index contributed by atoms with van der Waals surface area (Å²) in [4.78, 5) is 59.7. The van der Waals surface area contributed by atoms with Gasteiger partial charge in [0, 0.05) is 55.2 Å². The Morgan fingerprint density at radius 3 is 2.32 bits per heavy atom. The number of fused-ring (bicyclic) bond motifs is 1. The van der Waals surface area contributed by atoms with Gasteiger partial charge in [-0.1, -0.05) is 55.8 Å². The second kappa shape index (κ2) is 15.3. The van der Waals surface area contributed by atoms with Gasteiger partial charge in [-0.25, -0.2) is 4.79 Å². The van der Waals surface area contributed by atoms with Crippen molar-refractivity contribution in [2.45, 2.75) is 77.8 Å². The van der Waals surface area contributed by atoms with Gasteiger partial charge in [0.05, 0.1) is 6.04 Å². The lowest BCUT2D eigenvalue weighted by molar-refractivity contribution is -0.164. The number of likely N-dealkylation sites (N-methyl/N-ethyl adjacent to an activating group) is 1. The number of nitrogens with two attached hydrogens (primary N) is 1. The maximum absolute atomic E-state index is 14.4. The number of amides is 3. The van der Waals surface area contributed by atoms with E-state index in [0.717, 1.165) is 22.0 Å². The SMILES string of the molecule is COC1C(=O)OC(C)C(C)/C=C(\C)CC(C)C(=O)NC(C)C(=O)N(C)C(Cc2c[nH]c3ccccc23)C(=O)NC1c1ccc(N)cc1. The van der Waals surface area contributed by atoms with Gasteiger partial charge in [-0.15, -0.1) is 0 Å². The molecule has 1 aromatic heterocycles. The van der Waals surface area contributed by atoms with Crippen molar-refractivity contribution >= 4 is 40.3 Å². The van der Waals surface area contributed by atoms with Crippen LogP contribution >= 0.6 is 0 Å². The number of ether oxygens (including phenoxy) is 2. The first-order valence-electron chi connectivity index (χ1n) is 16.0. The molecule has 1 aliphatic heterocycles. The number of cyclic esters (lactones) is 1. The highest BCUT2D eigenvalue weighted by Gasteiger charge is 2.38. The van der Waals surface area contributed by atoms with Crippen LogP contribution in [-0.4, -0.2) is 72.0 Å². The first-order chi connectivity index (χ1) is 22.3. The molecule has 7 atom stereocenters. The second-order valence-electron chi connectivity index (χ2n) is 12.7. The number of nitrogens with zero attached hydrogens (tertiary/aromatic N) is 1. The number of rotatable bonds is 4. The zero-order valence-electron chi connectivity index (χ0n) is 28.2. The van der Waals surface area contributed by atoms with Crippen LogP contribution in [0.4, 0.5) is 5.69 Å². The molecule has 11 heteroatoms. The van der Waals surface area contributed by atoms with Crippen LogP contribution in [0.15, 0.2) is 66.4 Å². The van der Waals surface area contributed by atoms with Gasteiger partial charge >= 0.3 is 5.97 Å². The van der Waals surface area contributed by atoms with E-state index in [4.69, 9.17) is 15.2 Å². The summed E-state index contributed by atoms with van der Waals surface area (Å²) in [6.45, 7) is 9.06. The molecule has 47 heavy (non-hydrogen) atoms. The fourth-order valence-electron chi connectivity index (χ4n) is 6.03. The number of nitrogen functional groups attached to an aromatic ring is 1. The zero-order chi connectivity index (χ0) is 34.4. The number of benzene rings is 2. The van der Waals surface area contributed by atoms with Crippen molar-refractivity contribution in [1.29, 1.82) is 0 Å². The van der Waals surface area contributed by atoms with E-state index >= 15 is 0 Å². The number of aromatic amines is 1. The van der Waals surface area contributed by atoms with E-state index in [0.29, 0.717) is 17.7 Å². The van der Waals surface area contributed by atoms with Crippen LogP contribution < -0.4 is 16.4 Å². The Morgan fingerprint density at radius 2 is 1.64 bits per heavy atom. The number of allylic oxidation sites excluding steroid dienone is 1. The quantitative estimate of drug-likeness (QED) is 0.190. The monoisotopic (exact) mass is 645 g/mol. The highest BCUT2D eigenvalue weighted by atomic mass is 16.6. The molecule has 11 nitrogen and oxygen atoms in total. The lowest BCUT2D eigenvalue weighted by Gasteiger charge is -2.33. The maximum atomic E-state index is 14.4.